The van der Waals surface area contributed by atoms with Gasteiger partial charge in [0.2, 0.25) is 17.1 Å². The minimum absolute atomic E-state index is 0.463. The van der Waals surface area contributed by atoms with Crippen LogP contribution in [0.1, 0.15) is 24.8 Å². The van der Waals surface area contributed by atoms with Crippen LogP contribution < -0.4 is 15.0 Å². The van der Waals surface area contributed by atoms with Gasteiger partial charge in [-0.25, -0.2) is 4.98 Å². The van der Waals surface area contributed by atoms with Crippen molar-refractivity contribution in [3.8, 4) is 11.7 Å². The second-order valence-corrected chi connectivity index (χ2v) is 8.10. The van der Waals surface area contributed by atoms with E-state index < -0.39 is 0 Å². The fourth-order valence-corrected chi connectivity index (χ4v) is 3.76. The highest BCUT2D eigenvalue weighted by Crippen LogP contribution is 2.19. The first-order valence-corrected chi connectivity index (χ1v) is 11.1. The number of anilines is 2. The number of aryl methyl sites for hydroxylation is 1. The molecule has 0 spiro atoms. The van der Waals surface area contributed by atoms with Crippen LogP contribution in [-0.4, -0.2) is 62.2 Å². The number of aromatic nitrogens is 6. The number of hydrogen-bond acceptors (Lipinski definition) is 9. The predicted octanol–water partition coefficient (Wildman–Crippen LogP) is 2.96. The number of ether oxygens (including phenoxy) is 1. The van der Waals surface area contributed by atoms with E-state index in [1.165, 1.54) is 23.7 Å². The highest BCUT2D eigenvalue weighted by molar-refractivity contribution is 7.99. The van der Waals surface area contributed by atoms with Gasteiger partial charge in [0.1, 0.15) is 12.1 Å². The Morgan fingerprint density at radius 2 is 1.80 bits per heavy atom. The highest BCUT2D eigenvalue weighted by Gasteiger charge is 2.17. The number of nitrogens with one attached hydrogen (secondary N) is 1. The molecule has 0 radical (unpaired) electrons. The molecule has 1 aliphatic heterocycles. The fourth-order valence-electron chi connectivity index (χ4n) is 3.14. The van der Waals surface area contributed by atoms with Crippen LogP contribution in [0.5, 0.6) is 5.75 Å². The molecule has 3 heterocycles. The Kier molecular flexibility index (Phi) is 6.63. The molecule has 10 heteroatoms. The molecule has 0 saturated carbocycles. The lowest BCUT2D eigenvalue weighted by Crippen LogP contribution is -2.31. The summed E-state index contributed by atoms with van der Waals surface area (Å²) in [5.74, 6) is 3.28. The molecule has 0 aliphatic carbocycles. The molecular formula is C20H26N8OS. The maximum Gasteiger partial charge on any atom is 0.258 e. The van der Waals surface area contributed by atoms with Crippen LogP contribution >= 0.6 is 11.8 Å². The SMILES string of the molecule is CNc1nc(N2CCCCC2)nc(-n2cnc(SCCOc3ccc(C)cc3)n2)n1. The van der Waals surface area contributed by atoms with Crippen LogP contribution in [0.3, 0.4) is 0 Å². The van der Waals surface area contributed by atoms with Gasteiger partial charge in [-0.3, -0.25) is 0 Å². The van der Waals surface area contributed by atoms with Crippen LogP contribution in [0.4, 0.5) is 11.9 Å². The lowest BCUT2D eigenvalue weighted by molar-refractivity contribution is 0.344. The lowest BCUT2D eigenvalue weighted by Gasteiger charge is -2.26. The summed E-state index contributed by atoms with van der Waals surface area (Å²) in [5, 5.41) is 8.18. The predicted molar refractivity (Wildman–Crippen MR) is 118 cm³/mol. The van der Waals surface area contributed by atoms with Crippen molar-refractivity contribution in [1.82, 2.24) is 29.7 Å². The third-order valence-electron chi connectivity index (χ3n) is 4.75. The summed E-state index contributed by atoms with van der Waals surface area (Å²) in [6.07, 6.45) is 5.21. The number of benzene rings is 1. The van der Waals surface area contributed by atoms with E-state index in [9.17, 15) is 0 Å². The van der Waals surface area contributed by atoms with Crippen molar-refractivity contribution in [3.63, 3.8) is 0 Å². The van der Waals surface area contributed by atoms with E-state index in [0.717, 1.165) is 37.4 Å². The Morgan fingerprint density at radius 3 is 2.57 bits per heavy atom. The van der Waals surface area contributed by atoms with E-state index in [4.69, 9.17) is 4.74 Å². The average molecular weight is 427 g/mol. The topological polar surface area (TPSA) is 93.9 Å². The number of nitrogens with zero attached hydrogens (tertiary/aromatic N) is 7. The summed E-state index contributed by atoms with van der Waals surface area (Å²) < 4.78 is 7.35. The van der Waals surface area contributed by atoms with E-state index in [2.05, 4.69) is 42.2 Å². The molecule has 2 aromatic heterocycles. The Labute approximate surface area is 180 Å². The van der Waals surface area contributed by atoms with E-state index in [0.29, 0.717) is 29.6 Å². The van der Waals surface area contributed by atoms with Gasteiger partial charge >= 0.3 is 0 Å². The molecule has 4 rings (SSSR count). The molecule has 0 amide bonds. The molecule has 158 valence electrons. The second kappa shape index (κ2) is 9.75. The number of thioether (sulfide) groups is 1. The van der Waals surface area contributed by atoms with Crippen LogP contribution in [0.25, 0.3) is 5.95 Å². The van der Waals surface area contributed by atoms with E-state index in [-0.39, 0.29) is 0 Å². The zero-order valence-electron chi connectivity index (χ0n) is 17.3. The summed E-state index contributed by atoms with van der Waals surface area (Å²) in [5.41, 5.74) is 1.22. The molecular weight excluding hydrogens is 400 g/mol. The minimum Gasteiger partial charge on any atom is -0.493 e. The summed E-state index contributed by atoms with van der Waals surface area (Å²) in [6, 6.07) is 8.04. The largest absolute Gasteiger partial charge is 0.493 e. The van der Waals surface area contributed by atoms with Crippen molar-refractivity contribution in [1.29, 1.82) is 0 Å². The van der Waals surface area contributed by atoms with Gasteiger partial charge in [0.25, 0.3) is 5.95 Å². The molecule has 1 N–H and O–H groups in total. The molecule has 1 aromatic carbocycles. The van der Waals surface area contributed by atoms with Gasteiger partial charge < -0.3 is 15.0 Å². The zero-order valence-corrected chi connectivity index (χ0v) is 18.1. The summed E-state index contributed by atoms with van der Waals surface area (Å²) >= 11 is 1.54. The minimum atomic E-state index is 0.463. The quantitative estimate of drug-likeness (QED) is 0.431. The molecule has 30 heavy (non-hydrogen) atoms. The van der Waals surface area contributed by atoms with Crippen LogP contribution in [-0.2, 0) is 0 Å². The standard InChI is InChI=1S/C20H26N8OS/c1-15-6-8-16(9-7-15)29-12-13-30-20-22-14-28(26-20)19-24-17(21-2)23-18(25-19)27-10-4-3-5-11-27/h6-9,14H,3-5,10-13H2,1-2H3,(H,21,23,24,25). The van der Waals surface area contributed by atoms with Crippen molar-refractivity contribution in [3.05, 3.63) is 36.2 Å². The van der Waals surface area contributed by atoms with Gasteiger partial charge in [-0.1, -0.05) is 29.5 Å². The molecule has 1 fully saturated rings. The molecule has 1 saturated heterocycles. The molecule has 3 aromatic rings. The Balaban J connectivity index is 1.38. The lowest BCUT2D eigenvalue weighted by atomic mass is 10.1. The van der Waals surface area contributed by atoms with Crippen molar-refractivity contribution >= 4 is 23.7 Å². The third kappa shape index (κ3) is 5.18. The number of rotatable bonds is 8. The molecule has 0 unspecified atom stereocenters. The summed E-state index contributed by atoms with van der Waals surface area (Å²) in [7, 11) is 1.80. The molecule has 0 atom stereocenters. The Morgan fingerprint density at radius 1 is 1.03 bits per heavy atom. The molecule has 0 bridgehead atoms. The first-order chi connectivity index (χ1) is 14.7. The van der Waals surface area contributed by atoms with Gasteiger partial charge in [-0.15, -0.1) is 5.10 Å². The first-order valence-electron chi connectivity index (χ1n) is 10.1. The fraction of sp³-hybridized carbons (Fsp3) is 0.450. The van der Waals surface area contributed by atoms with Crippen molar-refractivity contribution in [2.75, 3.05) is 42.7 Å². The van der Waals surface area contributed by atoms with E-state index in [1.54, 1.807) is 18.1 Å². The zero-order chi connectivity index (χ0) is 20.8. The smallest absolute Gasteiger partial charge is 0.258 e. The van der Waals surface area contributed by atoms with Gasteiger partial charge in [-0.2, -0.15) is 19.6 Å². The van der Waals surface area contributed by atoms with Crippen LogP contribution in [0.2, 0.25) is 0 Å². The van der Waals surface area contributed by atoms with E-state index >= 15 is 0 Å². The molecule has 9 nitrogen and oxygen atoms in total. The monoisotopic (exact) mass is 426 g/mol. The Bertz CT molecular complexity index is 956. The van der Waals surface area contributed by atoms with Crippen molar-refractivity contribution < 1.29 is 4.74 Å². The number of piperidine rings is 1. The highest BCUT2D eigenvalue weighted by atomic mass is 32.2. The summed E-state index contributed by atoms with van der Waals surface area (Å²) in [4.78, 5) is 20.1. The maximum absolute atomic E-state index is 5.76. The Hall–Kier alpha value is -2.88. The summed E-state index contributed by atoms with van der Waals surface area (Å²) in [6.45, 7) is 4.57. The molecule has 1 aliphatic rings. The van der Waals surface area contributed by atoms with Crippen LogP contribution in [0, 0.1) is 6.92 Å². The van der Waals surface area contributed by atoms with Crippen LogP contribution in [0.15, 0.2) is 35.7 Å². The average Bonchev–Trinajstić information content (AvgIpc) is 3.27. The van der Waals surface area contributed by atoms with Gasteiger partial charge in [0.05, 0.1) is 6.61 Å². The second-order valence-electron chi connectivity index (χ2n) is 7.04. The van der Waals surface area contributed by atoms with Gasteiger partial charge in [0, 0.05) is 25.9 Å². The maximum atomic E-state index is 5.76. The number of hydrogen-bond donors (Lipinski definition) is 1. The van der Waals surface area contributed by atoms with Crippen molar-refractivity contribution in [2.45, 2.75) is 31.3 Å². The third-order valence-corrected chi connectivity index (χ3v) is 5.57. The first kappa shape index (κ1) is 20.4. The van der Waals surface area contributed by atoms with Gasteiger partial charge in [-0.05, 0) is 38.3 Å². The van der Waals surface area contributed by atoms with Crippen molar-refractivity contribution in [2.24, 2.45) is 0 Å². The normalized spacial score (nSPS) is 14.0. The van der Waals surface area contributed by atoms with E-state index in [1.807, 2.05) is 24.3 Å². The van der Waals surface area contributed by atoms with Gasteiger partial charge in [0.15, 0.2) is 0 Å².